The van der Waals surface area contributed by atoms with Crippen molar-refractivity contribution in [2.24, 2.45) is 0 Å². The highest BCUT2D eigenvalue weighted by molar-refractivity contribution is 5.78. The molecule has 0 saturated carbocycles. The van der Waals surface area contributed by atoms with Crippen LogP contribution in [-0.2, 0) is 0 Å². The first-order valence-electron chi connectivity index (χ1n) is 5.00. The van der Waals surface area contributed by atoms with Crippen molar-refractivity contribution in [3.8, 4) is 0 Å². The number of allylic oxidation sites excluding steroid dienone is 1. The molecule has 0 aliphatic carbocycles. The van der Waals surface area contributed by atoms with E-state index in [-0.39, 0.29) is 5.43 Å². The van der Waals surface area contributed by atoms with Crippen LogP contribution >= 0.6 is 0 Å². The van der Waals surface area contributed by atoms with Crippen LogP contribution < -0.4 is 5.43 Å². The van der Waals surface area contributed by atoms with Crippen LogP contribution in [0.15, 0.2) is 45.8 Å². The molecule has 15 heavy (non-hydrogen) atoms. The van der Waals surface area contributed by atoms with Crippen molar-refractivity contribution in [1.82, 2.24) is 0 Å². The molecule has 2 nitrogen and oxygen atoms in total. The predicted molar refractivity (Wildman–Crippen MR) is 61.8 cm³/mol. The lowest BCUT2D eigenvalue weighted by molar-refractivity contribution is 0.601. The highest BCUT2D eigenvalue weighted by atomic mass is 16.3. The summed E-state index contributed by atoms with van der Waals surface area (Å²) in [7, 11) is 0. The van der Waals surface area contributed by atoms with Crippen molar-refractivity contribution in [2.45, 2.75) is 13.3 Å². The minimum Gasteiger partial charge on any atom is -0.463 e. The van der Waals surface area contributed by atoms with Gasteiger partial charge in [0.15, 0.2) is 5.43 Å². The van der Waals surface area contributed by atoms with Crippen molar-refractivity contribution < 1.29 is 4.42 Å². The SMILES string of the molecule is CC/C=C/c1coc2ccccc2c1=O. The molecule has 1 aromatic heterocycles. The van der Waals surface area contributed by atoms with Gasteiger partial charge < -0.3 is 4.42 Å². The largest absolute Gasteiger partial charge is 0.463 e. The van der Waals surface area contributed by atoms with Crippen molar-refractivity contribution in [2.75, 3.05) is 0 Å². The van der Waals surface area contributed by atoms with Crippen molar-refractivity contribution in [3.63, 3.8) is 0 Å². The molecular weight excluding hydrogens is 188 g/mol. The second-order valence-corrected chi connectivity index (χ2v) is 3.33. The monoisotopic (exact) mass is 200 g/mol. The summed E-state index contributed by atoms with van der Waals surface area (Å²) in [6.45, 7) is 2.03. The number of para-hydroxylation sites is 1. The van der Waals surface area contributed by atoms with Crippen LogP contribution in [0.5, 0.6) is 0 Å². The van der Waals surface area contributed by atoms with Crippen LogP contribution in [-0.4, -0.2) is 0 Å². The van der Waals surface area contributed by atoms with Crippen LogP contribution in [0.3, 0.4) is 0 Å². The van der Waals surface area contributed by atoms with Gasteiger partial charge >= 0.3 is 0 Å². The van der Waals surface area contributed by atoms with Gasteiger partial charge in [-0.2, -0.15) is 0 Å². The molecule has 0 saturated heterocycles. The van der Waals surface area contributed by atoms with E-state index in [2.05, 4.69) is 0 Å². The molecule has 0 aliphatic heterocycles. The normalized spacial score (nSPS) is 11.3. The fourth-order valence-corrected chi connectivity index (χ4v) is 1.45. The number of hydrogen-bond donors (Lipinski definition) is 0. The fraction of sp³-hybridized carbons (Fsp3) is 0.154. The maximum absolute atomic E-state index is 11.9. The Labute approximate surface area is 87.8 Å². The molecule has 1 aromatic carbocycles. The molecule has 0 fully saturated rings. The van der Waals surface area contributed by atoms with Crippen LogP contribution in [0.1, 0.15) is 18.9 Å². The summed E-state index contributed by atoms with van der Waals surface area (Å²) in [4.78, 5) is 11.9. The van der Waals surface area contributed by atoms with Crippen molar-refractivity contribution >= 4 is 17.0 Å². The van der Waals surface area contributed by atoms with E-state index in [1.807, 2.05) is 25.1 Å². The summed E-state index contributed by atoms with van der Waals surface area (Å²) in [6.07, 6.45) is 6.17. The molecule has 0 amide bonds. The summed E-state index contributed by atoms with van der Waals surface area (Å²) in [6, 6.07) is 7.27. The Kier molecular flexibility index (Phi) is 2.68. The number of benzene rings is 1. The quantitative estimate of drug-likeness (QED) is 0.745. The van der Waals surface area contributed by atoms with Gasteiger partial charge in [-0.25, -0.2) is 0 Å². The van der Waals surface area contributed by atoms with Crippen LogP contribution in [0, 0.1) is 0 Å². The first kappa shape index (κ1) is 9.71. The Morgan fingerprint density at radius 3 is 2.93 bits per heavy atom. The molecule has 1 heterocycles. The first-order chi connectivity index (χ1) is 7.33. The lowest BCUT2D eigenvalue weighted by Gasteiger charge is -1.97. The van der Waals surface area contributed by atoms with Gasteiger partial charge in [-0.1, -0.05) is 31.2 Å². The number of rotatable bonds is 2. The summed E-state index contributed by atoms with van der Waals surface area (Å²) in [5.74, 6) is 0. The lowest BCUT2D eigenvalue weighted by atomic mass is 10.1. The molecule has 0 unspecified atom stereocenters. The topological polar surface area (TPSA) is 30.2 Å². The van der Waals surface area contributed by atoms with E-state index in [1.54, 1.807) is 18.2 Å². The second kappa shape index (κ2) is 4.13. The summed E-state index contributed by atoms with van der Waals surface area (Å²) in [5, 5.41) is 0.635. The van der Waals surface area contributed by atoms with Gasteiger partial charge in [-0.15, -0.1) is 0 Å². The first-order valence-corrected chi connectivity index (χ1v) is 5.00. The van der Waals surface area contributed by atoms with Gasteiger partial charge in [0.25, 0.3) is 0 Å². The average Bonchev–Trinajstić information content (AvgIpc) is 2.29. The van der Waals surface area contributed by atoms with E-state index in [9.17, 15) is 4.79 Å². The minimum atomic E-state index is 0.0292. The predicted octanol–water partition coefficient (Wildman–Crippen LogP) is 3.22. The highest BCUT2D eigenvalue weighted by Crippen LogP contribution is 2.11. The van der Waals surface area contributed by atoms with Crippen LogP contribution in [0.4, 0.5) is 0 Å². The number of hydrogen-bond acceptors (Lipinski definition) is 2. The van der Waals surface area contributed by atoms with Gasteiger partial charge in [0.05, 0.1) is 10.9 Å². The highest BCUT2D eigenvalue weighted by Gasteiger charge is 2.02. The molecule has 0 N–H and O–H groups in total. The number of fused-ring (bicyclic) bond motifs is 1. The van der Waals surface area contributed by atoms with E-state index >= 15 is 0 Å². The Hall–Kier alpha value is -1.83. The Morgan fingerprint density at radius 2 is 2.13 bits per heavy atom. The van der Waals surface area contributed by atoms with Crippen molar-refractivity contribution in [3.05, 3.63) is 52.4 Å². The van der Waals surface area contributed by atoms with Gasteiger partial charge in [0.1, 0.15) is 11.8 Å². The molecule has 0 spiro atoms. The molecule has 2 heteroatoms. The van der Waals surface area contributed by atoms with Crippen molar-refractivity contribution in [1.29, 1.82) is 0 Å². The molecule has 2 rings (SSSR count). The van der Waals surface area contributed by atoms with E-state index in [1.165, 1.54) is 6.26 Å². The maximum atomic E-state index is 11.9. The Balaban J connectivity index is 2.65. The zero-order valence-corrected chi connectivity index (χ0v) is 8.57. The average molecular weight is 200 g/mol. The molecule has 2 aromatic rings. The molecule has 76 valence electrons. The van der Waals surface area contributed by atoms with Gasteiger partial charge in [-0.05, 0) is 18.6 Å². The molecule has 0 atom stereocenters. The third kappa shape index (κ3) is 1.84. The lowest BCUT2D eigenvalue weighted by Crippen LogP contribution is -2.04. The fourth-order valence-electron chi connectivity index (χ4n) is 1.45. The minimum absolute atomic E-state index is 0.0292. The van der Waals surface area contributed by atoms with Crippen LogP contribution in [0.25, 0.3) is 17.0 Å². The smallest absolute Gasteiger partial charge is 0.199 e. The standard InChI is InChI=1S/C13H12O2/c1-2-3-6-10-9-15-12-8-5-4-7-11(12)13(10)14/h3-9H,2H2,1H3/b6-3+. The maximum Gasteiger partial charge on any atom is 0.199 e. The summed E-state index contributed by atoms with van der Waals surface area (Å²) < 4.78 is 5.37. The van der Waals surface area contributed by atoms with E-state index in [0.29, 0.717) is 16.5 Å². The Morgan fingerprint density at radius 1 is 1.33 bits per heavy atom. The van der Waals surface area contributed by atoms with E-state index in [4.69, 9.17) is 4.42 Å². The van der Waals surface area contributed by atoms with E-state index < -0.39 is 0 Å². The zero-order chi connectivity index (χ0) is 10.7. The molecule has 0 radical (unpaired) electrons. The Bertz CT molecular complexity index is 550. The second-order valence-electron chi connectivity index (χ2n) is 3.33. The summed E-state index contributed by atoms with van der Waals surface area (Å²) >= 11 is 0. The van der Waals surface area contributed by atoms with Gasteiger partial charge in [0.2, 0.25) is 0 Å². The van der Waals surface area contributed by atoms with E-state index in [0.717, 1.165) is 6.42 Å². The third-order valence-electron chi connectivity index (χ3n) is 2.24. The molecule has 0 aliphatic rings. The molecular formula is C13H12O2. The summed E-state index contributed by atoms with van der Waals surface area (Å²) in [5.41, 5.74) is 1.27. The van der Waals surface area contributed by atoms with Gasteiger partial charge in [-0.3, -0.25) is 4.79 Å². The van der Waals surface area contributed by atoms with Gasteiger partial charge in [0, 0.05) is 0 Å². The third-order valence-corrected chi connectivity index (χ3v) is 2.24. The molecule has 0 bridgehead atoms. The zero-order valence-electron chi connectivity index (χ0n) is 8.57. The van der Waals surface area contributed by atoms with Crippen LogP contribution in [0.2, 0.25) is 0 Å².